The van der Waals surface area contributed by atoms with Crippen LogP contribution in [0.2, 0.25) is 0 Å². The number of carbonyl (C=O) groups is 1. The Morgan fingerprint density at radius 3 is 2.64 bits per heavy atom. The average molecular weight is 357 g/mol. The minimum atomic E-state index is -0.0817. The Kier molecular flexibility index (Phi) is 6.00. The minimum Gasteiger partial charge on any atom is -0.356 e. The normalized spacial score (nSPS) is 13.2. The van der Waals surface area contributed by atoms with E-state index in [1.165, 1.54) is 29.4 Å². The van der Waals surface area contributed by atoms with Gasteiger partial charge in [-0.25, -0.2) is 4.98 Å². The second-order valence-corrected chi connectivity index (χ2v) is 6.83. The van der Waals surface area contributed by atoms with Crippen molar-refractivity contribution in [3.63, 3.8) is 0 Å². The molecule has 0 fully saturated rings. The van der Waals surface area contributed by atoms with Gasteiger partial charge in [-0.05, 0) is 30.4 Å². The second-order valence-electron chi connectivity index (χ2n) is 5.98. The zero-order valence-electron chi connectivity index (χ0n) is 14.3. The highest BCUT2D eigenvalue weighted by Crippen LogP contribution is 2.17. The molecule has 1 aromatic heterocycles. The summed E-state index contributed by atoms with van der Waals surface area (Å²) >= 11 is 1.47. The first-order valence-electron chi connectivity index (χ1n) is 8.51. The number of benzene rings is 1. The monoisotopic (exact) mass is 357 g/mol. The lowest BCUT2D eigenvalue weighted by Crippen LogP contribution is -2.34. The molecule has 3 N–H and O–H groups in total. The summed E-state index contributed by atoms with van der Waals surface area (Å²) in [5.74, 6) is 0.834. The molecule has 0 bridgehead atoms. The Morgan fingerprint density at radius 1 is 1.20 bits per heavy atom. The van der Waals surface area contributed by atoms with Crippen molar-refractivity contribution in [2.45, 2.75) is 26.2 Å². The molecule has 25 heavy (non-hydrogen) atoms. The van der Waals surface area contributed by atoms with E-state index in [1.54, 1.807) is 0 Å². The molecule has 7 heteroatoms. The van der Waals surface area contributed by atoms with Crippen LogP contribution in [0.4, 0.5) is 5.13 Å². The number of anilines is 1. The third-order valence-electron chi connectivity index (χ3n) is 3.91. The molecule has 0 unspecified atom stereocenters. The molecule has 0 radical (unpaired) electrons. The lowest BCUT2D eigenvalue weighted by molar-refractivity contribution is -0.114. The van der Waals surface area contributed by atoms with Crippen molar-refractivity contribution in [1.82, 2.24) is 15.6 Å². The third kappa shape index (κ3) is 5.56. The number of aliphatic imine (C=N–C) groups is 1. The Morgan fingerprint density at radius 2 is 1.96 bits per heavy atom. The molecule has 0 saturated heterocycles. The number of nitrogens with zero attached hydrogens (tertiary/aromatic N) is 2. The van der Waals surface area contributed by atoms with Gasteiger partial charge in [0.25, 0.3) is 0 Å². The van der Waals surface area contributed by atoms with Gasteiger partial charge in [-0.15, -0.1) is 11.3 Å². The van der Waals surface area contributed by atoms with E-state index in [0.717, 1.165) is 50.6 Å². The van der Waals surface area contributed by atoms with Crippen LogP contribution in [-0.2, 0) is 24.1 Å². The standard InChI is InChI=1S/C18H23N5OS/c1-13(24)22-18-23-16(12-25-18)7-6-14-2-4-15(5-3-14)8-9-19-17-20-10-11-21-17/h2-5,12H,6-11H2,1H3,(H2,19,20,21)(H,22,23,24). The molecule has 1 amide bonds. The summed E-state index contributed by atoms with van der Waals surface area (Å²) in [6.45, 7) is 4.18. The van der Waals surface area contributed by atoms with Gasteiger partial charge in [0.05, 0.1) is 12.2 Å². The number of guanidine groups is 1. The Hall–Kier alpha value is -2.41. The van der Waals surface area contributed by atoms with Crippen LogP contribution in [0.5, 0.6) is 0 Å². The predicted molar refractivity (Wildman–Crippen MR) is 102 cm³/mol. The summed E-state index contributed by atoms with van der Waals surface area (Å²) in [4.78, 5) is 19.8. The van der Waals surface area contributed by atoms with Gasteiger partial charge < -0.3 is 16.0 Å². The maximum Gasteiger partial charge on any atom is 0.223 e. The first kappa shape index (κ1) is 17.4. The van der Waals surface area contributed by atoms with Crippen LogP contribution < -0.4 is 16.0 Å². The molecule has 6 nitrogen and oxygen atoms in total. The summed E-state index contributed by atoms with van der Waals surface area (Å²) < 4.78 is 0. The Bertz CT molecular complexity index is 738. The van der Waals surface area contributed by atoms with Gasteiger partial charge in [0.1, 0.15) is 0 Å². The SMILES string of the molecule is CC(=O)Nc1nc(CCc2ccc(CCNC3=NCCN3)cc2)cs1. The van der Waals surface area contributed by atoms with Crippen molar-refractivity contribution in [1.29, 1.82) is 0 Å². The van der Waals surface area contributed by atoms with Crippen molar-refractivity contribution in [2.24, 2.45) is 4.99 Å². The minimum absolute atomic E-state index is 0.0817. The van der Waals surface area contributed by atoms with Gasteiger partial charge in [0, 0.05) is 25.4 Å². The lowest BCUT2D eigenvalue weighted by atomic mass is 10.0. The zero-order chi connectivity index (χ0) is 17.5. The average Bonchev–Trinajstić information content (AvgIpc) is 3.26. The van der Waals surface area contributed by atoms with Crippen molar-refractivity contribution >= 4 is 28.3 Å². The molecule has 2 aromatic rings. The van der Waals surface area contributed by atoms with Gasteiger partial charge in [0.2, 0.25) is 5.91 Å². The Balaban J connectivity index is 1.42. The summed E-state index contributed by atoms with van der Waals surface area (Å²) in [5, 5.41) is 11.9. The largest absolute Gasteiger partial charge is 0.356 e. The van der Waals surface area contributed by atoms with E-state index >= 15 is 0 Å². The molecule has 3 rings (SSSR count). The van der Waals surface area contributed by atoms with Crippen LogP contribution in [-0.4, -0.2) is 36.5 Å². The van der Waals surface area contributed by atoms with Crippen LogP contribution in [0.25, 0.3) is 0 Å². The van der Waals surface area contributed by atoms with Gasteiger partial charge in [-0.1, -0.05) is 24.3 Å². The molecular weight excluding hydrogens is 334 g/mol. The summed E-state index contributed by atoms with van der Waals surface area (Å²) in [6, 6.07) is 8.74. The third-order valence-corrected chi connectivity index (χ3v) is 4.71. The molecule has 0 saturated carbocycles. The van der Waals surface area contributed by atoms with Crippen LogP contribution >= 0.6 is 11.3 Å². The van der Waals surface area contributed by atoms with Crippen LogP contribution in [0.3, 0.4) is 0 Å². The molecule has 1 aromatic carbocycles. The fraction of sp³-hybridized carbons (Fsp3) is 0.389. The maximum atomic E-state index is 11.0. The first-order chi connectivity index (χ1) is 12.2. The van der Waals surface area contributed by atoms with E-state index < -0.39 is 0 Å². The second kappa shape index (κ2) is 8.62. The number of rotatable bonds is 7. The van der Waals surface area contributed by atoms with Gasteiger partial charge in [-0.2, -0.15) is 0 Å². The molecule has 2 heterocycles. The van der Waals surface area contributed by atoms with Crippen molar-refractivity contribution < 1.29 is 4.79 Å². The van der Waals surface area contributed by atoms with E-state index in [1.807, 2.05) is 5.38 Å². The number of aromatic nitrogens is 1. The highest BCUT2D eigenvalue weighted by molar-refractivity contribution is 7.13. The summed E-state index contributed by atoms with van der Waals surface area (Å²) in [7, 11) is 0. The number of thiazole rings is 1. The van der Waals surface area contributed by atoms with E-state index in [9.17, 15) is 4.79 Å². The lowest BCUT2D eigenvalue weighted by Gasteiger charge is -2.07. The van der Waals surface area contributed by atoms with Crippen LogP contribution in [0.15, 0.2) is 34.6 Å². The molecular formula is C18H23N5OS. The van der Waals surface area contributed by atoms with E-state index in [4.69, 9.17) is 0 Å². The van der Waals surface area contributed by atoms with Gasteiger partial charge in [0.15, 0.2) is 11.1 Å². The fourth-order valence-electron chi connectivity index (χ4n) is 2.62. The first-order valence-corrected chi connectivity index (χ1v) is 9.39. The molecule has 1 aliphatic heterocycles. The summed E-state index contributed by atoms with van der Waals surface area (Å²) in [6.07, 6.45) is 2.80. The maximum absolute atomic E-state index is 11.0. The number of hydrogen-bond donors (Lipinski definition) is 3. The summed E-state index contributed by atoms with van der Waals surface area (Å²) in [5.41, 5.74) is 3.64. The molecule has 1 aliphatic rings. The topological polar surface area (TPSA) is 78.4 Å². The fourth-order valence-corrected chi connectivity index (χ4v) is 3.41. The number of aryl methyl sites for hydroxylation is 2. The van der Waals surface area contributed by atoms with Crippen molar-refractivity contribution in [2.75, 3.05) is 25.0 Å². The molecule has 0 spiro atoms. The van der Waals surface area contributed by atoms with Crippen LogP contribution in [0.1, 0.15) is 23.7 Å². The number of nitrogens with one attached hydrogen (secondary N) is 3. The highest BCUT2D eigenvalue weighted by Gasteiger charge is 2.05. The molecule has 0 atom stereocenters. The quantitative estimate of drug-likeness (QED) is 0.708. The zero-order valence-corrected chi connectivity index (χ0v) is 15.2. The molecule has 0 aliphatic carbocycles. The van der Waals surface area contributed by atoms with Gasteiger partial charge >= 0.3 is 0 Å². The smallest absolute Gasteiger partial charge is 0.223 e. The van der Waals surface area contributed by atoms with E-state index in [0.29, 0.717) is 5.13 Å². The van der Waals surface area contributed by atoms with E-state index in [2.05, 4.69) is 50.2 Å². The number of hydrogen-bond acceptors (Lipinski definition) is 6. The van der Waals surface area contributed by atoms with Crippen molar-refractivity contribution in [3.8, 4) is 0 Å². The predicted octanol–water partition coefficient (Wildman–Crippen LogP) is 1.98. The van der Waals surface area contributed by atoms with E-state index in [-0.39, 0.29) is 5.91 Å². The van der Waals surface area contributed by atoms with Gasteiger partial charge in [-0.3, -0.25) is 9.79 Å². The molecule has 132 valence electrons. The van der Waals surface area contributed by atoms with Crippen LogP contribution in [0, 0.1) is 0 Å². The highest BCUT2D eigenvalue weighted by atomic mass is 32.1. The van der Waals surface area contributed by atoms with Crippen molar-refractivity contribution in [3.05, 3.63) is 46.5 Å². The number of carbonyl (C=O) groups excluding carboxylic acids is 1. The number of amides is 1. The Labute approximate surface area is 151 Å².